The fraction of sp³-hybridized carbons (Fsp3) is 0.150. The quantitative estimate of drug-likeness (QED) is 0.665. The van der Waals surface area contributed by atoms with Gasteiger partial charge in [-0.2, -0.15) is 0 Å². The molecule has 3 rings (SSSR count). The number of carbonyl (C=O) groups excluding carboxylic acids is 1. The van der Waals surface area contributed by atoms with Gasteiger partial charge in [-0.05, 0) is 48.9 Å². The van der Waals surface area contributed by atoms with Crippen LogP contribution >= 0.6 is 11.6 Å². The third kappa shape index (κ3) is 3.96. The molecule has 1 amide bonds. The first-order valence-electron chi connectivity index (χ1n) is 8.39. The van der Waals surface area contributed by atoms with Crippen LogP contribution in [0.15, 0.2) is 63.9 Å². The van der Waals surface area contributed by atoms with E-state index in [4.69, 9.17) is 16.0 Å². The largest absolute Gasteiger partial charge is 0.451 e. The van der Waals surface area contributed by atoms with E-state index in [-0.39, 0.29) is 10.7 Å². The number of hydrogen-bond acceptors (Lipinski definition) is 4. The van der Waals surface area contributed by atoms with E-state index in [1.165, 1.54) is 26.2 Å². The molecule has 146 valence electrons. The summed E-state index contributed by atoms with van der Waals surface area (Å²) in [7, 11) is -0.707. The lowest BCUT2D eigenvalue weighted by Crippen LogP contribution is -2.22. The number of amides is 1. The van der Waals surface area contributed by atoms with Crippen LogP contribution in [0.5, 0.6) is 0 Å². The van der Waals surface area contributed by atoms with Gasteiger partial charge in [-0.15, -0.1) is 0 Å². The molecule has 0 unspecified atom stereocenters. The first kappa shape index (κ1) is 20.1. The van der Waals surface area contributed by atoms with Crippen molar-refractivity contribution >= 4 is 33.2 Å². The van der Waals surface area contributed by atoms with E-state index in [0.29, 0.717) is 22.0 Å². The summed E-state index contributed by atoms with van der Waals surface area (Å²) in [5.74, 6) is 0.0763. The second-order valence-electron chi connectivity index (χ2n) is 6.36. The average molecular weight is 419 g/mol. The number of nitrogens with one attached hydrogen (secondary N) is 1. The van der Waals surface area contributed by atoms with Crippen molar-refractivity contribution < 1.29 is 17.6 Å². The van der Waals surface area contributed by atoms with E-state index in [0.717, 1.165) is 9.87 Å². The van der Waals surface area contributed by atoms with Crippen molar-refractivity contribution in [1.29, 1.82) is 0 Å². The lowest BCUT2D eigenvalue weighted by atomic mass is 10.2. The fourth-order valence-corrected chi connectivity index (χ4v) is 3.71. The number of anilines is 1. The molecule has 0 saturated heterocycles. The van der Waals surface area contributed by atoms with Gasteiger partial charge in [0.2, 0.25) is 10.0 Å². The number of halogens is 1. The Morgan fingerprint density at radius 2 is 1.79 bits per heavy atom. The predicted molar refractivity (Wildman–Crippen MR) is 109 cm³/mol. The molecule has 0 atom stereocenters. The summed E-state index contributed by atoms with van der Waals surface area (Å²) < 4.78 is 31.4. The summed E-state index contributed by atoms with van der Waals surface area (Å²) in [6, 6.07) is 14.9. The van der Waals surface area contributed by atoms with Crippen LogP contribution in [0.2, 0.25) is 5.02 Å². The van der Waals surface area contributed by atoms with Gasteiger partial charge in [-0.1, -0.05) is 29.8 Å². The highest BCUT2D eigenvalue weighted by Crippen LogP contribution is 2.29. The minimum Gasteiger partial charge on any atom is -0.451 e. The lowest BCUT2D eigenvalue weighted by molar-refractivity contribution is 0.0997. The SMILES string of the molecule is Cc1ccc(S(=O)(=O)N(C)C)cc1NC(=O)c1ccc(-c2ccccc2Cl)o1. The summed E-state index contributed by atoms with van der Waals surface area (Å²) in [4.78, 5) is 12.7. The standard InChI is InChI=1S/C20H19ClN2O4S/c1-13-8-9-14(28(25,26)23(2)3)12-17(13)22-20(24)19-11-10-18(27-19)15-6-4-5-7-16(15)21/h4-12H,1-3H3,(H,22,24). The molecule has 0 spiro atoms. The minimum absolute atomic E-state index is 0.0922. The Kier molecular flexibility index (Phi) is 5.60. The molecule has 6 nitrogen and oxygen atoms in total. The van der Waals surface area contributed by atoms with E-state index in [9.17, 15) is 13.2 Å². The number of benzene rings is 2. The van der Waals surface area contributed by atoms with Gasteiger partial charge in [0.15, 0.2) is 5.76 Å². The van der Waals surface area contributed by atoms with Crippen LogP contribution in [0.1, 0.15) is 16.1 Å². The molecule has 0 saturated carbocycles. The molecule has 0 bridgehead atoms. The van der Waals surface area contributed by atoms with E-state index < -0.39 is 15.9 Å². The Morgan fingerprint density at radius 1 is 1.07 bits per heavy atom. The van der Waals surface area contributed by atoms with E-state index in [1.54, 1.807) is 43.3 Å². The van der Waals surface area contributed by atoms with E-state index >= 15 is 0 Å². The summed E-state index contributed by atoms with van der Waals surface area (Å²) in [5.41, 5.74) is 1.80. The van der Waals surface area contributed by atoms with Crippen LogP contribution in [0.3, 0.4) is 0 Å². The molecular formula is C20H19ClN2O4S. The van der Waals surface area contributed by atoms with Crippen molar-refractivity contribution in [2.24, 2.45) is 0 Å². The molecule has 28 heavy (non-hydrogen) atoms. The molecule has 1 N–H and O–H groups in total. The first-order valence-corrected chi connectivity index (χ1v) is 10.2. The molecular weight excluding hydrogens is 400 g/mol. The zero-order valence-electron chi connectivity index (χ0n) is 15.6. The maximum absolute atomic E-state index is 12.6. The Balaban J connectivity index is 1.87. The average Bonchev–Trinajstić information content (AvgIpc) is 3.13. The number of aryl methyl sites for hydroxylation is 1. The summed E-state index contributed by atoms with van der Waals surface area (Å²) >= 11 is 6.16. The molecule has 0 aliphatic carbocycles. The maximum Gasteiger partial charge on any atom is 0.291 e. The Bertz CT molecular complexity index is 1140. The number of nitrogens with zero attached hydrogens (tertiary/aromatic N) is 1. The van der Waals surface area contributed by atoms with Gasteiger partial charge >= 0.3 is 0 Å². The molecule has 3 aromatic rings. The molecule has 0 aliphatic heterocycles. The van der Waals surface area contributed by atoms with Crippen LogP contribution in [0, 0.1) is 6.92 Å². The monoisotopic (exact) mass is 418 g/mol. The van der Waals surface area contributed by atoms with Crippen LogP contribution in [0.4, 0.5) is 5.69 Å². The molecule has 0 aliphatic rings. The highest BCUT2D eigenvalue weighted by atomic mass is 35.5. The van der Waals surface area contributed by atoms with Crippen molar-refractivity contribution in [1.82, 2.24) is 4.31 Å². The van der Waals surface area contributed by atoms with Gasteiger partial charge in [0.1, 0.15) is 5.76 Å². The summed E-state index contributed by atoms with van der Waals surface area (Å²) in [6.07, 6.45) is 0. The number of sulfonamides is 1. The van der Waals surface area contributed by atoms with Gasteiger partial charge < -0.3 is 9.73 Å². The lowest BCUT2D eigenvalue weighted by Gasteiger charge is -2.14. The Morgan fingerprint density at radius 3 is 2.46 bits per heavy atom. The van der Waals surface area contributed by atoms with Crippen LogP contribution in [0.25, 0.3) is 11.3 Å². The third-order valence-corrected chi connectivity index (χ3v) is 6.35. The van der Waals surface area contributed by atoms with Crippen molar-refractivity contribution in [2.45, 2.75) is 11.8 Å². The first-order chi connectivity index (χ1) is 13.2. The van der Waals surface area contributed by atoms with Gasteiger partial charge in [-0.25, -0.2) is 12.7 Å². The number of hydrogen-bond donors (Lipinski definition) is 1. The molecule has 8 heteroatoms. The Labute approximate surface area is 168 Å². The second-order valence-corrected chi connectivity index (χ2v) is 8.92. The third-order valence-electron chi connectivity index (χ3n) is 4.20. The molecule has 2 aromatic carbocycles. The predicted octanol–water partition coefficient (Wildman–Crippen LogP) is 4.41. The normalized spacial score (nSPS) is 11.6. The number of furan rings is 1. The second kappa shape index (κ2) is 7.79. The van der Waals surface area contributed by atoms with E-state index in [1.807, 2.05) is 6.07 Å². The van der Waals surface area contributed by atoms with Gasteiger partial charge in [0.05, 0.1) is 9.92 Å². The zero-order chi connectivity index (χ0) is 20.5. The minimum atomic E-state index is -3.61. The van der Waals surface area contributed by atoms with Crippen molar-refractivity contribution in [3.63, 3.8) is 0 Å². The number of carbonyl (C=O) groups is 1. The van der Waals surface area contributed by atoms with Crippen LogP contribution < -0.4 is 5.32 Å². The zero-order valence-corrected chi connectivity index (χ0v) is 17.1. The fourth-order valence-electron chi connectivity index (χ4n) is 2.56. The van der Waals surface area contributed by atoms with Gasteiger partial charge in [-0.3, -0.25) is 4.79 Å². The van der Waals surface area contributed by atoms with Crippen molar-refractivity contribution in [2.75, 3.05) is 19.4 Å². The van der Waals surface area contributed by atoms with Gasteiger partial charge in [0, 0.05) is 25.3 Å². The number of rotatable bonds is 5. The highest BCUT2D eigenvalue weighted by molar-refractivity contribution is 7.89. The van der Waals surface area contributed by atoms with E-state index in [2.05, 4.69) is 5.32 Å². The molecule has 0 radical (unpaired) electrons. The summed E-state index contributed by atoms with van der Waals surface area (Å²) in [6.45, 7) is 1.78. The smallest absolute Gasteiger partial charge is 0.291 e. The highest BCUT2D eigenvalue weighted by Gasteiger charge is 2.20. The van der Waals surface area contributed by atoms with Crippen LogP contribution in [-0.2, 0) is 10.0 Å². The van der Waals surface area contributed by atoms with Gasteiger partial charge in [0.25, 0.3) is 5.91 Å². The molecule has 1 heterocycles. The maximum atomic E-state index is 12.6. The van der Waals surface area contributed by atoms with Crippen LogP contribution in [-0.4, -0.2) is 32.7 Å². The Hall–Kier alpha value is -2.61. The summed E-state index contributed by atoms with van der Waals surface area (Å²) in [5, 5.41) is 3.22. The molecule has 1 aromatic heterocycles. The van der Waals surface area contributed by atoms with Crippen molar-refractivity contribution in [3.05, 3.63) is 70.9 Å². The molecule has 0 fully saturated rings. The van der Waals surface area contributed by atoms with Crippen molar-refractivity contribution in [3.8, 4) is 11.3 Å². The topological polar surface area (TPSA) is 79.6 Å².